The molecule has 2 amide bonds. The van der Waals surface area contributed by atoms with Gasteiger partial charge in [0.15, 0.2) is 0 Å². The molecule has 8 heteroatoms. The molecule has 28 heavy (non-hydrogen) atoms. The second-order valence-electron chi connectivity index (χ2n) is 5.83. The molecule has 1 aliphatic rings. The summed E-state index contributed by atoms with van der Waals surface area (Å²) in [5, 5.41) is -0.496. The predicted octanol–water partition coefficient (Wildman–Crippen LogP) is 4.24. The van der Waals surface area contributed by atoms with Gasteiger partial charge in [-0.15, -0.1) is 0 Å². The predicted molar refractivity (Wildman–Crippen MR) is 110 cm³/mol. The van der Waals surface area contributed by atoms with Crippen LogP contribution in [0.2, 0.25) is 0 Å². The molecule has 1 fully saturated rings. The second-order valence-corrected chi connectivity index (χ2v) is 7.74. The standard InChI is InChI=1S/C20H16BrNO5S/c1-26-18(23)11-22-19(24)17(28-20(22)25)10-14-3-2-4-16(9-14)27-12-13-5-7-15(21)8-6-13/h2-10H,11-12H2,1H3/b17-10-. The van der Waals surface area contributed by atoms with Gasteiger partial charge in [0.05, 0.1) is 12.0 Å². The molecule has 0 atom stereocenters. The lowest BCUT2D eigenvalue weighted by Crippen LogP contribution is -2.34. The van der Waals surface area contributed by atoms with Gasteiger partial charge in [-0.2, -0.15) is 0 Å². The largest absolute Gasteiger partial charge is 0.489 e. The molecule has 0 aromatic heterocycles. The lowest BCUT2D eigenvalue weighted by atomic mass is 10.2. The molecule has 0 N–H and O–H groups in total. The number of carbonyl (C=O) groups is 3. The SMILES string of the molecule is COC(=O)CN1C(=O)S/C(=C\c2cccc(OCc3ccc(Br)cc3)c2)C1=O. The van der Waals surface area contributed by atoms with Crippen molar-refractivity contribution in [3.8, 4) is 5.75 Å². The first-order valence-corrected chi connectivity index (χ1v) is 9.86. The van der Waals surface area contributed by atoms with Crippen molar-refractivity contribution in [3.63, 3.8) is 0 Å². The van der Waals surface area contributed by atoms with Crippen LogP contribution in [-0.4, -0.2) is 35.7 Å². The van der Waals surface area contributed by atoms with E-state index in [1.807, 2.05) is 30.3 Å². The molecule has 3 rings (SSSR count). The van der Waals surface area contributed by atoms with Crippen LogP contribution >= 0.6 is 27.7 Å². The van der Waals surface area contributed by atoms with Gasteiger partial charge in [-0.25, -0.2) is 0 Å². The summed E-state index contributed by atoms with van der Waals surface area (Å²) >= 11 is 4.19. The summed E-state index contributed by atoms with van der Waals surface area (Å²) in [6.07, 6.45) is 1.61. The van der Waals surface area contributed by atoms with Crippen molar-refractivity contribution in [3.05, 3.63) is 69.0 Å². The van der Waals surface area contributed by atoms with Crippen LogP contribution in [0.25, 0.3) is 6.08 Å². The second kappa shape index (κ2) is 9.07. The normalized spacial score (nSPS) is 15.2. The van der Waals surface area contributed by atoms with Gasteiger partial charge in [0.1, 0.15) is 18.9 Å². The maximum absolute atomic E-state index is 12.4. The highest BCUT2D eigenvalue weighted by atomic mass is 79.9. The maximum Gasteiger partial charge on any atom is 0.325 e. The number of carbonyl (C=O) groups excluding carboxylic acids is 3. The molecule has 0 aliphatic carbocycles. The average Bonchev–Trinajstić information content (AvgIpc) is 2.95. The number of ether oxygens (including phenoxy) is 2. The van der Waals surface area contributed by atoms with Crippen molar-refractivity contribution in [1.29, 1.82) is 0 Å². The van der Waals surface area contributed by atoms with Crippen LogP contribution < -0.4 is 4.74 Å². The van der Waals surface area contributed by atoms with E-state index in [9.17, 15) is 14.4 Å². The molecule has 144 valence electrons. The summed E-state index contributed by atoms with van der Waals surface area (Å²) in [4.78, 5) is 36.8. The summed E-state index contributed by atoms with van der Waals surface area (Å²) in [5.74, 6) is -0.515. The Morgan fingerprint density at radius 3 is 2.64 bits per heavy atom. The topological polar surface area (TPSA) is 72.9 Å². The van der Waals surface area contributed by atoms with E-state index < -0.39 is 23.7 Å². The van der Waals surface area contributed by atoms with Crippen molar-refractivity contribution in [2.45, 2.75) is 6.61 Å². The van der Waals surface area contributed by atoms with E-state index in [-0.39, 0.29) is 4.91 Å². The Balaban J connectivity index is 1.69. The molecule has 2 aromatic rings. The average molecular weight is 462 g/mol. The summed E-state index contributed by atoms with van der Waals surface area (Å²) in [5.41, 5.74) is 1.74. The summed E-state index contributed by atoms with van der Waals surface area (Å²) in [6.45, 7) is 0.0151. The molecule has 1 aliphatic heterocycles. The minimum atomic E-state index is -0.646. The van der Waals surface area contributed by atoms with E-state index in [1.165, 1.54) is 7.11 Å². The van der Waals surface area contributed by atoms with Crippen LogP contribution in [0.5, 0.6) is 5.75 Å². The number of hydrogen-bond acceptors (Lipinski definition) is 6. The molecule has 1 heterocycles. The highest BCUT2D eigenvalue weighted by Crippen LogP contribution is 2.32. The van der Waals surface area contributed by atoms with Crippen LogP contribution in [0.1, 0.15) is 11.1 Å². The van der Waals surface area contributed by atoms with Crippen LogP contribution in [-0.2, 0) is 20.9 Å². The molecular formula is C20H16BrNO5S. The smallest absolute Gasteiger partial charge is 0.325 e. The van der Waals surface area contributed by atoms with E-state index in [1.54, 1.807) is 24.3 Å². The lowest BCUT2D eigenvalue weighted by molar-refractivity contribution is -0.143. The molecule has 1 saturated heterocycles. The molecule has 2 aromatic carbocycles. The zero-order valence-corrected chi connectivity index (χ0v) is 17.3. The van der Waals surface area contributed by atoms with E-state index in [2.05, 4.69) is 20.7 Å². The van der Waals surface area contributed by atoms with Gasteiger partial charge in [0.25, 0.3) is 11.1 Å². The van der Waals surface area contributed by atoms with Crippen LogP contribution in [0, 0.1) is 0 Å². The highest BCUT2D eigenvalue weighted by Gasteiger charge is 2.36. The van der Waals surface area contributed by atoms with E-state index in [0.717, 1.165) is 32.3 Å². The Bertz CT molecular complexity index is 942. The van der Waals surface area contributed by atoms with Crippen LogP contribution in [0.3, 0.4) is 0 Å². The van der Waals surface area contributed by atoms with Crippen LogP contribution in [0.4, 0.5) is 4.79 Å². The summed E-state index contributed by atoms with van der Waals surface area (Å²) in [6, 6.07) is 15.0. The Labute approximate surface area is 174 Å². The van der Waals surface area contributed by atoms with Gasteiger partial charge in [0, 0.05) is 4.47 Å². The highest BCUT2D eigenvalue weighted by molar-refractivity contribution is 9.10. The Morgan fingerprint density at radius 2 is 1.93 bits per heavy atom. The summed E-state index contributed by atoms with van der Waals surface area (Å²) < 4.78 is 11.3. The van der Waals surface area contributed by atoms with Gasteiger partial charge in [-0.05, 0) is 53.2 Å². The van der Waals surface area contributed by atoms with Crippen molar-refractivity contribution in [2.24, 2.45) is 0 Å². The van der Waals surface area contributed by atoms with Gasteiger partial charge in [-0.3, -0.25) is 19.3 Å². The third kappa shape index (κ3) is 5.02. The zero-order valence-electron chi connectivity index (χ0n) is 14.9. The van der Waals surface area contributed by atoms with E-state index in [0.29, 0.717) is 12.4 Å². The number of halogens is 1. The maximum atomic E-state index is 12.4. The number of amides is 2. The van der Waals surface area contributed by atoms with Crippen molar-refractivity contribution < 1.29 is 23.9 Å². The number of imide groups is 1. The van der Waals surface area contributed by atoms with E-state index >= 15 is 0 Å². The minimum Gasteiger partial charge on any atom is -0.489 e. The van der Waals surface area contributed by atoms with Crippen molar-refractivity contribution in [1.82, 2.24) is 4.90 Å². The Kier molecular flexibility index (Phi) is 6.53. The van der Waals surface area contributed by atoms with Gasteiger partial charge in [0.2, 0.25) is 0 Å². The molecule has 0 bridgehead atoms. The van der Waals surface area contributed by atoms with Gasteiger partial charge >= 0.3 is 5.97 Å². The number of thioether (sulfide) groups is 1. The number of nitrogens with zero attached hydrogens (tertiary/aromatic N) is 1. The fourth-order valence-electron chi connectivity index (χ4n) is 2.42. The molecule has 0 spiro atoms. The van der Waals surface area contributed by atoms with Crippen molar-refractivity contribution in [2.75, 3.05) is 13.7 Å². The molecule has 0 radical (unpaired) electrons. The van der Waals surface area contributed by atoms with Crippen LogP contribution in [0.15, 0.2) is 57.9 Å². The van der Waals surface area contributed by atoms with Crippen molar-refractivity contribution >= 4 is 50.9 Å². The third-order valence-electron chi connectivity index (χ3n) is 3.86. The first-order valence-electron chi connectivity index (χ1n) is 8.26. The van der Waals surface area contributed by atoms with E-state index in [4.69, 9.17) is 4.74 Å². The van der Waals surface area contributed by atoms with Gasteiger partial charge < -0.3 is 9.47 Å². The monoisotopic (exact) mass is 461 g/mol. The number of hydrogen-bond donors (Lipinski definition) is 0. The first kappa shape index (κ1) is 20.2. The lowest BCUT2D eigenvalue weighted by Gasteiger charge is -2.09. The Morgan fingerprint density at radius 1 is 1.18 bits per heavy atom. The molecule has 0 unspecified atom stereocenters. The Hall–Kier alpha value is -2.58. The quantitative estimate of drug-likeness (QED) is 0.473. The fraction of sp³-hybridized carbons (Fsp3) is 0.150. The third-order valence-corrected chi connectivity index (χ3v) is 5.30. The number of methoxy groups -OCH3 is 1. The zero-order chi connectivity index (χ0) is 20.1. The fourth-order valence-corrected chi connectivity index (χ4v) is 3.53. The molecule has 6 nitrogen and oxygen atoms in total. The number of benzene rings is 2. The molecular weight excluding hydrogens is 446 g/mol. The summed E-state index contributed by atoms with van der Waals surface area (Å²) in [7, 11) is 1.21. The first-order chi connectivity index (χ1) is 13.5. The molecule has 0 saturated carbocycles. The number of esters is 1. The number of rotatable bonds is 6. The van der Waals surface area contributed by atoms with Gasteiger partial charge in [-0.1, -0.05) is 40.2 Å². The minimum absolute atomic E-state index is 0.249.